The summed E-state index contributed by atoms with van der Waals surface area (Å²) in [6.07, 6.45) is 0. The second kappa shape index (κ2) is 9.43. The number of rotatable bonds is 1. The SMILES string of the molecule is c1ccc2c3c(ccc2c1)Oc1cccc2nc(-n4c5ccccc5c5c6c7ccccc7c7ccccc7c6c6ccccc6c54)nc-3c12. The molecule has 1 aliphatic rings. The third kappa shape index (κ3) is 3.25. The lowest BCUT2D eigenvalue weighted by molar-refractivity contribution is 0.487. The molecule has 11 aromatic rings. The van der Waals surface area contributed by atoms with Crippen molar-refractivity contribution < 1.29 is 4.74 Å². The molecule has 1 aliphatic heterocycles. The first kappa shape index (κ1) is 26.2. The van der Waals surface area contributed by atoms with E-state index in [1.807, 2.05) is 12.1 Å². The largest absolute Gasteiger partial charge is 0.456 e. The summed E-state index contributed by atoms with van der Waals surface area (Å²) in [5, 5.41) is 15.6. The second-order valence-electron chi connectivity index (χ2n) is 13.2. The van der Waals surface area contributed by atoms with Crippen LogP contribution < -0.4 is 4.74 Å². The average Bonchev–Trinajstić information content (AvgIpc) is 3.53. The zero-order valence-electron chi connectivity index (χ0n) is 26.7. The van der Waals surface area contributed by atoms with Crippen LogP contribution in [0.25, 0.3) is 104 Å². The fourth-order valence-electron chi connectivity index (χ4n) is 8.75. The van der Waals surface area contributed by atoms with Crippen molar-refractivity contribution in [3.8, 4) is 28.7 Å². The fourth-order valence-corrected chi connectivity index (χ4v) is 8.75. The first-order valence-electron chi connectivity index (χ1n) is 17.0. The lowest BCUT2D eigenvalue weighted by Gasteiger charge is -2.22. The van der Waals surface area contributed by atoms with Crippen molar-refractivity contribution in [3.05, 3.63) is 152 Å². The van der Waals surface area contributed by atoms with Crippen LogP contribution in [-0.4, -0.2) is 14.5 Å². The molecule has 0 amide bonds. The Morgan fingerprint density at radius 3 is 1.80 bits per heavy atom. The highest BCUT2D eigenvalue weighted by Gasteiger charge is 2.28. The number of para-hydroxylation sites is 1. The van der Waals surface area contributed by atoms with Crippen LogP contribution in [0.4, 0.5) is 0 Å². The number of fused-ring (bicyclic) bond motifs is 17. The Balaban J connectivity index is 1.33. The van der Waals surface area contributed by atoms with Gasteiger partial charge in [-0.1, -0.05) is 127 Å². The molecular formula is C46H25N3O. The minimum atomic E-state index is 0.645. The van der Waals surface area contributed by atoms with Crippen LogP contribution in [0.5, 0.6) is 11.5 Å². The van der Waals surface area contributed by atoms with Gasteiger partial charge in [-0.3, -0.25) is 4.57 Å². The van der Waals surface area contributed by atoms with Crippen molar-refractivity contribution in [1.29, 1.82) is 0 Å². The van der Waals surface area contributed by atoms with E-state index in [0.29, 0.717) is 5.95 Å². The van der Waals surface area contributed by atoms with Crippen molar-refractivity contribution in [2.45, 2.75) is 0 Å². The predicted octanol–water partition coefficient (Wildman–Crippen LogP) is 12.3. The predicted molar refractivity (Wildman–Crippen MR) is 207 cm³/mol. The quantitative estimate of drug-likeness (QED) is 0.169. The summed E-state index contributed by atoms with van der Waals surface area (Å²) in [4.78, 5) is 10.9. The summed E-state index contributed by atoms with van der Waals surface area (Å²) in [5.74, 6) is 2.24. The van der Waals surface area contributed by atoms with E-state index in [-0.39, 0.29) is 0 Å². The Hall–Kier alpha value is -6.78. The van der Waals surface area contributed by atoms with Crippen molar-refractivity contribution in [2.75, 3.05) is 0 Å². The fraction of sp³-hybridized carbons (Fsp3) is 0. The third-order valence-electron chi connectivity index (χ3n) is 10.7. The molecule has 0 bridgehead atoms. The van der Waals surface area contributed by atoms with Crippen molar-refractivity contribution >= 4 is 86.6 Å². The molecule has 230 valence electrons. The minimum Gasteiger partial charge on any atom is -0.456 e. The Kier molecular flexibility index (Phi) is 4.94. The molecule has 3 heterocycles. The summed E-state index contributed by atoms with van der Waals surface area (Å²) < 4.78 is 8.83. The Morgan fingerprint density at radius 2 is 1.02 bits per heavy atom. The summed E-state index contributed by atoms with van der Waals surface area (Å²) in [7, 11) is 0. The third-order valence-corrected chi connectivity index (χ3v) is 10.7. The van der Waals surface area contributed by atoms with Gasteiger partial charge >= 0.3 is 0 Å². The van der Waals surface area contributed by atoms with E-state index in [9.17, 15) is 0 Å². The average molecular weight is 636 g/mol. The summed E-state index contributed by atoms with van der Waals surface area (Å²) in [6, 6.07) is 54.0. The molecule has 0 saturated carbocycles. The molecule has 12 rings (SSSR count). The first-order valence-corrected chi connectivity index (χ1v) is 17.0. The lowest BCUT2D eigenvalue weighted by Crippen LogP contribution is -2.07. The topological polar surface area (TPSA) is 39.9 Å². The number of aromatic nitrogens is 3. The van der Waals surface area contributed by atoms with Gasteiger partial charge < -0.3 is 4.74 Å². The van der Waals surface area contributed by atoms with Gasteiger partial charge in [-0.05, 0) is 67.4 Å². The van der Waals surface area contributed by atoms with Crippen LogP contribution >= 0.6 is 0 Å². The van der Waals surface area contributed by atoms with Gasteiger partial charge in [-0.2, -0.15) is 0 Å². The molecule has 0 spiro atoms. The summed E-state index contributed by atoms with van der Waals surface area (Å²) in [6.45, 7) is 0. The highest BCUT2D eigenvalue weighted by atomic mass is 16.5. The van der Waals surface area contributed by atoms with Crippen LogP contribution in [0.3, 0.4) is 0 Å². The Morgan fingerprint density at radius 1 is 0.400 bits per heavy atom. The molecule has 0 fully saturated rings. The highest BCUT2D eigenvalue weighted by Crippen LogP contribution is 2.50. The Labute approximate surface area is 285 Å². The van der Waals surface area contributed by atoms with Crippen LogP contribution in [-0.2, 0) is 0 Å². The molecule has 0 aliphatic carbocycles. The van der Waals surface area contributed by atoms with Gasteiger partial charge in [0.05, 0.1) is 33.2 Å². The van der Waals surface area contributed by atoms with E-state index < -0.39 is 0 Å². The van der Waals surface area contributed by atoms with Gasteiger partial charge in [-0.15, -0.1) is 0 Å². The molecule has 9 aromatic carbocycles. The van der Waals surface area contributed by atoms with E-state index in [1.165, 1.54) is 53.9 Å². The minimum absolute atomic E-state index is 0.645. The standard InChI is InChI=1S/C46H25N3O/c1-2-13-27-26(12-1)24-25-38-40(27)44-43-35(21-11-23-37(43)50-38)47-46(48-44)49-36-22-10-9-20-34(36)42-41-31-17-6-4-15-29(31)28-14-3-5-16-30(28)39(41)32-18-7-8-19-33(32)45(42)49/h1-25H. The smallest absolute Gasteiger partial charge is 0.235 e. The van der Waals surface area contributed by atoms with Gasteiger partial charge in [0.2, 0.25) is 5.95 Å². The van der Waals surface area contributed by atoms with E-state index in [4.69, 9.17) is 14.7 Å². The lowest BCUT2D eigenvalue weighted by atomic mass is 9.88. The van der Waals surface area contributed by atoms with Gasteiger partial charge in [0.15, 0.2) is 0 Å². The van der Waals surface area contributed by atoms with Gasteiger partial charge in [0.1, 0.15) is 11.5 Å². The Bertz CT molecular complexity index is 3300. The summed E-state index contributed by atoms with van der Waals surface area (Å²) in [5.41, 5.74) is 4.94. The van der Waals surface area contributed by atoms with Gasteiger partial charge in [-0.25, -0.2) is 9.97 Å². The number of hydrogen-bond donors (Lipinski definition) is 0. The normalized spacial score (nSPS) is 12.6. The molecule has 0 unspecified atom stereocenters. The molecule has 0 N–H and O–H groups in total. The van der Waals surface area contributed by atoms with Crippen molar-refractivity contribution in [2.24, 2.45) is 0 Å². The van der Waals surface area contributed by atoms with Gasteiger partial charge in [0.25, 0.3) is 0 Å². The van der Waals surface area contributed by atoms with E-state index in [1.54, 1.807) is 0 Å². The number of nitrogens with zero attached hydrogens (tertiary/aromatic N) is 3. The number of hydrogen-bond acceptors (Lipinski definition) is 3. The molecule has 50 heavy (non-hydrogen) atoms. The monoisotopic (exact) mass is 635 g/mol. The maximum absolute atomic E-state index is 6.52. The van der Waals surface area contributed by atoms with E-state index in [2.05, 4.69) is 144 Å². The van der Waals surface area contributed by atoms with E-state index >= 15 is 0 Å². The van der Waals surface area contributed by atoms with Gasteiger partial charge in [0, 0.05) is 21.5 Å². The highest BCUT2D eigenvalue weighted by molar-refractivity contribution is 6.42. The molecule has 0 atom stereocenters. The molecule has 0 saturated heterocycles. The second-order valence-corrected chi connectivity index (χ2v) is 13.2. The molecule has 0 radical (unpaired) electrons. The van der Waals surface area contributed by atoms with Crippen LogP contribution in [0.1, 0.15) is 0 Å². The van der Waals surface area contributed by atoms with Crippen LogP contribution in [0.2, 0.25) is 0 Å². The maximum atomic E-state index is 6.52. The molecule has 4 nitrogen and oxygen atoms in total. The first-order chi connectivity index (χ1) is 24.8. The van der Waals surface area contributed by atoms with Crippen molar-refractivity contribution in [1.82, 2.24) is 14.5 Å². The van der Waals surface area contributed by atoms with E-state index in [0.717, 1.165) is 55.5 Å². The van der Waals surface area contributed by atoms with Crippen molar-refractivity contribution in [3.63, 3.8) is 0 Å². The zero-order chi connectivity index (χ0) is 32.5. The number of benzene rings is 9. The maximum Gasteiger partial charge on any atom is 0.235 e. The van der Waals surface area contributed by atoms with Crippen LogP contribution in [0, 0.1) is 0 Å². The van der Waals surface area contributed by atoms with Crippen LogP contribution in [0.15, 0.2) is 152 Å². The summed E-state index contributed by atoms with van der Waals surface area (Å²) >= 11 is 0. The molecule has 2 aromatic heterocycles. The number of ether oxygens (including phenoxy) is 1. The zero-order valence-corrected chi connectivity index (χ0v) is 26.7. The molecule has 4 heteroatoms. The molecular weight excluding hydrogens is 611 g/mol.